The van der Waals surface area contributed by atoms with Crippen LogP contribution in [-0.4, -0.2) is 113 Å². The number of carboxylic acid groups (broad SMARTS) is 1. The van der Waals surface area contributed by atoms with Gasteiger partial charge in [0.05, 0.1) is 64.0 Å². The Bertz CT molecular complexity index is 1100. The normalized spacial score (nSPS) is 20.2. The van der Waals surface area contributed by atoms with Gasteiger partial charge in [-0.25, -0.2) is 4.79 Å². The molecule has 11 heteroatoms. The van der Waals surface area contributed by atoms with Crippen LogP contribution in [-0.2, 0) is 25.6 Å². The van der Waals surface area contributed by atoms with E-state index >= 15 is 0 Å². The van der Waals surface area contributed by atoms with Gasteiger partial charge in [-0.2, -0.15) is 0 Å². The number of aliphatic hydroxyl groups is 1. The van der Waals surface area contributed by atoms with Crippen LogP contribution in [0.4, 0.5) is 10.5 Å². The maximum atomic E-state index is 12.0. The van der Waals surface area contributed by atoms with Crippen molar-refractivity contribution in [3.8, 4) is 11.5 Å². The van der Waals surface area contributed by atoms with Crippen LogP contribution in [0.2, 0.25) is 0 Å². The lowest BCUT2D eigenvalue weighted by Crippen LogP contribution is -2.54. The van der Waals surface area contributed by atoms with E-state index in [0.29, 0.717) is 33.0 Å². The first kappa shape index (κ1) is 31.8. The second-order valence-electron chi connectivity index (χ2n) is 10.4. The highest BCUT2D eigenvalue weighted by molar-refractivity contribution is 5.65. The summed E-state index contributed by atoms with van der Waals surface area (Å²) in [7, 11) is 3.37. The molecule has 1 amide bonds. The molecule has 232 valence electrons. The smallest absolute Gasteiger partial charge is 0.407 e. The van der Waals surface area contributed by atoms with Crippen LogP contribution in [0.25, 0.3) is 0 Å². The van der Waals surface area contributed by atoms with Gasteiger partial charge in [0.25, 0.3) is 0 Å². The molecular formula is C31H44N2O9. The summed E-state index contributed by atoms with van der Waals surface area (Å²) in [6, 6.07) is 13.8. The molecule has 1 fully saturated rings. The summed E-state index contributed by atoms with van der Waals surface area (Å²) in [5.41, 5.74) is 2.95. The van der Waals surface area contributed by atoms with Gasteiger partial charge in [-0.15, -0.1) is 0 Å². The average molecular weight is 589 g/mol. The van der Waals surface area contributed by atoms with E-state index in [4.69, 9.17) is 28.4 Å². The third-order valence-electron chi connectivity index (χ3n) is 7.55. The number of methoxy groups -OCH3 is 2. The van der Waals surface area contributed by atoms with E-state index in [1.54, 1.807) is 14.2 Å². The Kier molecular flexibility index (Phi) is 12.5. The van der Waals surface area contributed by atoms with Gasteiger partial charge in [0, 0.05) is 46.3 Å². The van der Waals surface area contributed by atoms with Crippen molar-refractivity contribution < 1.29 is 43.4 Å². The molecule has 2 aromatic carbocycles. The molecule has 2 aromatic rings. The van der Waals surface area contributed by atoms with Crippen molar-refractivity contribution in [3.05, 3.63) is 53.6 Å². The summed E-state index contributed by atoms with van der Waals surface area (Å²) >= 11 is 0. The molecule has 3 atom stereocenters. The molecule has 0 radical (unpaired) electrons. The number of piperidine rings is 1. The zero-order chi connectivity index (χ0) is 29.7. The van der Waals surface area contributed by atoms with E-state index in [0.717, 1.165) is 54.2 Å². The Balaban J connectivity index is 1.52. The number of amides is 1. The van der Waals surface area contributed by atoms with Crippen molar-refractivity contribution in [2.45, 2.75) is 37.6 Å². The second kappa shape index (κ2) is 16.5. The van der Waals surface area contributed by atoms with Gasteiger partial charge in [-0.05, 0) is 41.8 Å². The van der Waals surface area contributed by atoms with Crippen LogP contribution in [0.3, 0.4) is 0 Å². The Labute approximate surface area is 247 Å². The summed E-state index contributed by atoms with van der Waals surface area (Å²) < 4.78 is 34.5. The predicted octanol–water partition coefficient (Wildman–Crippen LogP) is 3.38. The van der Waals surface area contributed by atoms with Crippen molar-refractivity contribution in [2.75, 3.05) is 84.9 Å². The summed E-state index contributed by atoms with van der Waals surface area (Å²) in [4.78, 5) is 15.7. The molecule has 0 aliphatic carbocycles. The highest BCUT2D eigenvalue weighted by atomic mass is 16.5. The van der Waals surface area contributed by atoms with Gasteiger partial charge in [-0.1, -0.05) is 18.2 Å². The number of hydrogen-bond donors (Lipinski definition) is 2. The van der Waals surface area contributed by atoms with E-state index in [-0.39, 0.29) is 32.2 Å². The van der Waals surface area contributed by atoms with Gasteiger partial charge in [0.15, 0.2) is 0 Å². The van der Waals surface area contributed by atoms with E-state index in [1.807, 2.05) is 36.4 Å². The molecule has 0 aromatic heterocycles. The molecule has 0 bridgehead atoms. The molecule has 0 spiro atoms. The largest absolute Gasteiger partial charge is 0.494 e. The zero-order valence-electron chi connectivity index (χ0n) is 24.6. The van der Waals surface area contributed by atoms with Gasteiger partial charge < -0.3 is 48.4 Å². The van der Waals surface area contributed by atoms with Crippen LogP contribution in [0.15, 0.2) is 42.5 Å². The van der Waals surface area contributed by atoms with Crippen LogP contribution in [0, 0.1) is 0 Å². The molecule has 4 rings (SSSR count). The van der Waals surface area contributed by atoms with E-state index in [9.17, 15) is 15.0 Å². The number of hydrogen-bond acceptors (Lipinski definition) is 9. The van der Waals surface area contributed by atoms with Crippen LogP contribution < -0.4 is 14.4 Å². The number of anilines is 1. The molecule has 2 aliphatic rings. The number of rotatable bonds is 16. The molecule has 2 aliphatic heterocycles. The first-order valence-corrected chi connectivity index (χ1v) is 14.6. The van der Waals surface area contributed by atoms with Crippen LogP contribution in [0.5, 0.6) is 11.5 Å². The topological polar surface area (TPSA) is 119 Å². The highest BCUT2D eigenvalue weighted by Gasteiger charge is 2.41. The molecule has 1 saturated heterocycles. The van der Waals surface area contributed by atoms with Crippen molar-refractivity contribution in [1.29, 1.82) is 0 Å². The SMILES string of the molecule is COCCCOc1ccc([C@@H]2[C@@H](OCc3ccc4c(c3)N(CCCOC)CCO4)CN(C(=O)O)C[C@H]2OCCO)cc1. The molecule has 42 heavy (non-hydrogen) atoms. The third-order valence-corrected chi connectivity index (χ3v) is 7.55. The number of nitrogens with zero attached hydrogens (tertiary/aromatic N) is 2. The summed E-state index contributed by atoms with van der Waals surface area (Å²) in [5.74, 6) is 1.34. The van der Waals surface area contributed by atoms with Gasteiger partial charge in [-0.3, -0.25) is 0 Å². The number of benzene rings is 2. The fourth-order valence-corrected chi connectivity index (χ4v) is 5.50. The summed E-state index contributed by atoms with van der Waals surface area (Å²) in [6.07, 6.45) is -0.293. The van der Waals surface area contributed by atoms with E-state index < -0.39 is 18.3 Å². The summed E-state index contributed by atoms with van der Waals surface area (Å²) in [5, 5.41) is 19.3. The number of aliphatic hydroxyl groups excluding tert-OH is 1. The van der Waals surface area contributed by atoms with Crippen molar-refractivity contribution in [2.24, 2.45) is 0 Å². The lowest BCUT2D eigenvalue weighted by Gasteiger charge is -2.42. The van der Waals surface area contributed by atoms with Gasteiger partial charge >= 0.3 is 6.09 Å². The zero-order valence-corrected chi connectivity index (χ0v) is 24.6. The molecular weight excluding hydrogens is 544 g/mol. The standard InChI is InChI=1S/C31H44N2O9/c1-37-14-3-11-32-12-17-40-27-10-5-23(19-26(27)32)22-42-29-21-33(31(35)36)20-28(41-18-13-34)30(29)24-6-8-25(9-7-24)39-16-4-15-38-2/h5-10,19,28-30,34H,3-4,11-18,20-22H2,1-2H3,(H,35,36)/t28-,29+,30+/m1/s1. The molecule has 2 heterocycles. The number of likely N-dealkylation sites (tertiary alicyclic amines) is 1. The number of ether oxygens (including phenoxy) is 6. The maximum absolute atomic E-state index is 12.0. The summed E-state index contributed by atoms with van der Waals surface area (Å²) in [6.45, 7) is 4.79. The first-order chi connectivity index (χ1) is 20.5. The first-order valence-electron chi connectivity index (χ1n) is 14.6. The van der Waals surface area contributed by atoms with Crippen molar-refractivity contribution in [3.63, 3.8) is 0 Å². The minimum absolute atomic E-state index is 0.103. The fourth-order valence-electron chi connectivity index (χ4n) is 5.50. The Hall–Kier alpha value is -3.09. The Morgan fingerprint density at radius 3 is 2.40 bits per heavy atom. The Morgan fingerprint density at radius 1 is 0.952 bits per heavy atom. The molecule has 0 saturated carbocycles. The highest BCUT2D eigenvalue weighted by Crippen LogP contribution is 2.36. The number of carbonyl (C=O) groups is 1. The molecule has 11 nitrogen and oxygen atoms in total. The lowest BCUT2D eigenvalue weighted by molar-refractivity contribution is -0.0933. The van der Waals surface area contributed by atoms with E-state index in [2.05, 4.69) is 11.0 Å². The lowest BCUT2D eigenvalue weighted by atomic mass is 9.84. The predicted molar refractivity (Wildman–Crippen MR) is 157 cm³/mol. The van der Waals surface area contributed by atoms with Crippen molar-refractivity contribution in [1.82, 2.24) is 4.90 Å². The van der Waals surface area contributed by atoms with Gasteiger partial charge in [0.2, 0.25) is 0 Å². The van der Waals surface area contributed by atoms with Crippen LogP contribution in [0.1, 0.15) is 29.9 Å². The minimum Gasteiger partial charge on any atom is -0.494 e. The average Bonchev–Trinajstić information content (AvgIpc) is 3.01. The van der Waals surface area contributed by atoms with E-state index in [1.165, 1.54) is 4.90 Å². The Morgan fingerprint density at radius 2 is 1.69 bits per heavy atom. The monoisotopic (exact) mass is 588 g/mol. The quantitative estimate of drug-likeness (QED) is 0.283. The fraction of sp³-hybridized carbons (Fsp3) is 0.581. The number of fused-ring (bicyclic) bond motifs is 1. The van der Waals surface area contributed by atoms with Crippen molar-refractivity contribution >= 4 is 11.8 Å². The minimum atomic E-state index is -1.03. The third kappa shape index (κ3) is 8.71. The van der Waals surface area contributed by atoms with Gasteiger partial charge in [0.1, 0.15) is 18.1 Å². The molecule has 2 N–H and O–H groups in total. The van der Waals surface area contributed by atoms with Crippen LogP contribution >= 0.6 is 0 Å². The second-order valence-corrected chi connectivity index (χ2v) is 10.4. The maximum Gasteiger partial charge on any atom is 0.407 e. The molecule has 0 unspecified atom stereocenters.